The molecule has 2 N–H and O–H groups in total. The van der Waals surface area contributed by atoms with Gasteiger partial charge in [-0.1, -0.05) is 6.07 Å². The van der Waals surface area contributed by atoms with E-state index in [-0.39, 0.29) is 5.75 Å². The molecule has 2 nitrogen and oxygen atoms in total. The van der Waals surface area contributed by atoms with Gasteiger partial charge in [0.1, 0.15) is 0 Å². The van der Waals surface area contributed by atoms with Gasteiger partial charge in [-0.15, -0.1) is 0 Å². The molecule has 0 unspecified atom stereocenters. The lowest BCUT2D eigenvalue weighted by atomic mass is 10.3. The van der Waals surface area contributed by atoms with E-state index in [1.807, 2.05) is 0 Å². The molecular weight excluding hydrogens is 121 g/mol. The van der Waals surface area contributed by atoms with E-state index >= 15 is 0 Å². The van der Waals surface area contributed by atoms with Crippen molar-refractivity contribution < 1.29 is 9.47 Å². The van der Waals surface area contributed by atoms with E-state index in [0.29, 0.717) is 5.69 Å². The van der Waals surface area contributed by atoms with E-state index in [2.05, 4.69) is 4.94 Å². The van der Waals surface area contributed by atoms with Crippen LogP contribution in [0.5, 0.6) is 5.75 Å². The smallest absolute Gasteiger partial charge is 0.173 e. The number of nitrogen functional groups attached to an aromatic ring is 1. The molecule has 0 aromatic heterocycles. The van der Waals surface area contributed by atoms with Crippen molar-refractivity contribution in [3.8, 4) is 5.75 Å². The van der Waals surface area contributed by atoms with Gasteiger partial charge in [-0.25, -0.2) is 0 Å². The predicted molar refractivity (Wildman–Crippen MR) is 32.6 cm³/mol. The Kier molecular flexibility index (Phi) is 1.53. The topological polar surface area (TPSA) is 35.2 Å². The lowest BCUT2D eigenvalue weighted by Gasteiger charge is -1.92. The van der Waals surface area contributed by atoms with Crippen LogP contribution in [0.1, 0.15) is 0 Å². The highest BCUT2D eigenvalue weighted by atomic mass is 19.3. The van der Waals surface area contributed by atoms with Gasteiger partial charge in [0.05, 0.1) is 0 Å². The van der Waals surface area contributed by atoms with Gasteiger partial charge in [0.2, 0.25) is 0 Å². The van der Waals surface area contributed by atoms with Crippen LogP contribution in [0.25, 0.3) is 0 Å². The molecule has 9 heavy (non-hydrogen) atoms. The zero-order valence-corrected chi connectivity index (χ0v) is 4.67. The monoisotopic (exact) mass is 127 g/mol. The third-order valence-electron chi connectivity index (χ3n) is 0.947. The van der Waals surface area contributed by atoms with Crippen LogP contribution in [0, 0.1) is 0 Å². The Labute approximate surface area is 52.0 Å². The first-order valence-electron chi connectivity index (χ1n) is 2.47. The molecule has 0 aliphatic heterocycles. The van der Waals surface area contributed by atoms with E-state index in [1.54, 1.807) is 12.1 Å². The Balaban J connectivity index is 2.94. The first-order valence-corrected chi connectivity index (χ1v) is 2.47. The molecule has 0 atom stereocenters. The Morgan fingerprint density at radius 1 is 1.44 bits per heavy atom. The minimum absolute atomic E-state index is 0.134. The molecule has 0 aliphatic rings. The highest BCUT2D eigenvalue weighted by Crippen LogP contribution is 2.13. The van der Waals surface area contributed by atoms with Gasteiger partial charge in [-0.3, -0.25) is 4.94 Å². The molecule has 0 fully saturated rings. The SMILES string of the molecule is Nc1cccc(OF)c1. The van der Waals surface area contributed by atoms with Crippen LogP contribution in [-0.4, -0.2) is 0 Å². The van der Waals surface area contributed by atoms with Gasteiger partial charge in [0.15, 0.2) is 5.75 Å². The second-order valence-electron chi connectivity index (χ2n) is 1.65. The zero-order chi connectivity index (χ0) is 6.69. The normalized spacial score (nSPS) is 9.00. The second kappa shape index (κ2) is 2.35. The highest BCUT2D eigenvalue weighted by molar-refractivity contribution is 5.43. The Hall–Kier alpha value is -1.25. The van der Waals surface area contributed by atoms with Crippen LogP contribution < -0.4 is 10.7 Å². The van der Waals surface area contributed by atoms with Crippen molar-refractivity contribution in [3.63, 3.8) is 0 Å². The third-order valence-corrected chi connectivity index (χ3v) is 0.947. The summed E-state index contributed by atoms with van der Waals surface area (Å²) < 4.78 is 11.3. The molecule has 0 saturated heterocycles. The van der Waals surface area contributed by atoms with E-state index < -0.39 is 0 Å². The molecule has 3 heteroatoms. The lowest BCUT2D eigenvalue weighted by molar-refractivity contribution is -0.00612. The van der Waals surface area contributed by atoms with Crippen molar-refractivity contribution in [2.24, 2.45) is 0 Å². The van der Waals surface area contributed by atoms with Gasteiger partial charge in [0, 0.05) is 16.3 Å². The molecule has 0 heterocycles. The van der Waals surface area contributed by atoms with Crippen LogP contribution in [0.2, 0.25) is 0 Å². The molecule has 1 aromatic rings. The number of hydrogen-bond donors (Lipinski definition) is 1. The number of halogens is 1. The molecule has 0 aliphatic carbocycles. The van der Waals surface area contributed by atoms with Gasteiger partial charge >= 0.3 is 0 Å². The summed E-state index contributed by atoms with van der Waals surface area (Å²) in [6.45, 7) is 0. The van der Waals surface area contributed by atoms with Crippen molar-refractivity contribution in [2.75, 3.05) is 5.73 Å². The van der Waals surface area contributed by atoms with Crippen LogP contribution in [-0.2, 0) is 0 Å². The molecule has 0 saturated carbocycles. The van der Waals surface area contributed by atoms with Crippen LogP contribution in [0.4, 0.5) is 10.2 Å². The van der Waals surface area contributed by atoms with Gasteiger partial charge in [0.25, 0.3) is 0 Å². The maximum Gasteiger partial charge on any atom is 0.173 e. The van der Waals surface area contributed by atoms with Crippen LogP contribution in [0.15, 0.2) is 24.3 Å². The minimum Gasteiger partial charge on any atom is -0.399 e. The fourth-order valence-electron chi connectivity index (χ4n) is 0.563. The Morgan fingerprint density at radius 2 is 2.22 bits per heavy atom. The molecule has 48 valence electrons. The number of benzene rings is 1. The molecule has 0 radical (unpaired) electrons. The van der Waals surface area contributed by atoms with Crippen molar-refractivity contribution in [1.82, 2.24) is 0 Å². The Bertz CT molecular complexity index is 202. The molecular formula is C6H6FNO. The average molecular weight is 127 g/mol. The van der Waals surface area contributed by atoms with E-state index in [1.165, 1.54) is 12.1 Å². The Morgan fingerprint density at radius 3 is 2.67 bits per heavy atom. The van der Waals surface area contributed by atoms with Gasteiger partial charge < -0.3 is 5.73 Å². The fraction of sp³-hybridized carbons (Fsp3) is 0. The molecule has 1 rings (SSSR count). The van der Waals surface area contributed by atoms with Crippen LogP contribution in [0.3, 0.4) is 0 Å². The highest BCUT2D eigenvalue weighted by Gasteiger charge is 1.90. The standard InChI is InChI=1S/C6H6FNO/c7-9-6-3-1-2-5(8)4-6/h1-4H,8H2. The van der Waals surface area contributed by atoms with Crippen molar-refractivity contribution in [1.29, 1.82) is 0 Å². The molecule has 0 spiro atoms. The summed E-state index contributed by atoms with van der Waals surface area (Å²) >= 11 is 0. The fourth-order valence-corrected chi connectivity index (χ4v) is 0.563. The first kappa shape index (κ1) is 5.88. The van der Waals surface area contributed by atoms with E-state index in [0.717, 1.165) is 0 Å². The van der Waals surface area contributed by atoms with E-state index in [9.17, 15) is 4.53 Å². The van der Waals surface area contributed by atoms with Gasteiger partial charge in [-0.2, -0.15) is 0 Å². The number of hydrogen-bond acceptors (Lipinski definition) is 2. The summed E-state index contributed by atoms with van der Waals surface area (Å²) in [5.41, 5.74) is 5.78. The number of rotatable bonds is 1. The number of anilines is 1. The summed E-state index contributed by atoms with van der Waals surface area (Å²) in [5.74, 6) is 0.134. The number of nitrogens with two attached hydrogens (primary N) is 1. The zero-order valence-electron chi connectivity index (χ0n) is 4.67. The van der Waals surface area contributed by atoms with Crippen molar-refractivity contribution >= 4 is 5.69 Å². The molecule has 0 bridgehead atoms. The summed E-state index contributed by atoms with van der Waals surface area (Å²) in [7, 11) is 0. The summed E-state index contributed by atoms with van der Waals surface area (Å²) in [6.07, 6.45) is 0. The quantitative estimate of drug-likeness (QED) is 0.580. The van der Waals surface area contributed by atoms with Gasteiger partial charge in [-0.05, 0) is 12.1 Å². The summed E-state index contributed by atoms with van der Waals surface area (Å²) in [5, 5.41) is 0. The molecule has 1 aromatic carbocycles. The average Bonchev–Trinajstić information content (AvgIpc) is 1.88. The second-order valence-corrected chi connectivity index (χ2v) is 1.65. The minimum atomic E-state index is 0.134. The first-order chi connectivity index (χ1) is 4.33. The molecule has 0 amide bonds. The maximum atomic E-state index is 11.3. The summed E-state index contributed by atoms with van der Waals surface area (Å²) in [6, 6.07) is 6.16. The van der Waals surface area contributed by atoms with Crippen molar-refractivity contribution in [2.45, 2.75) is 0 Å². The largest absolute Gasteiger partial charge is 0.399 e. The maximum absolute atomic E-state index is 11.3. The van der Waals surface area contributed by atoms with E-state index in [4.69, 9.17) is 5.73 Å². The van der Waals surface area contributed by atoms with Crippen molar-refractivity contribution in [3.05, 3.63) is 24.3 Å². The van der Waals surface area contributed by atoms with Crippen LogP contribution >= 0.6 is 0 Å². The summed E-state index contributed by atoms with van der Waals surface area (Å²) in [4.78, 5) is 3.42. The lowest BCUT2D eigenvalue weighted by Crippen LogP contribution is -1.83. The predicted octanol–water partition coefficient (Wildman–Crippen LogP) is 1.53. The third kappa shape index (κ3) is 1.32.